The maximum absolute atomic E-state index is 9.86. The zero-order chi connectivity index (χ0) is 12.6. The molecule has 0 aliphatic heterocycles. The first-order chi connectivity index (χ1) is 8.86. The van der Waals surface area contributed by atoms with Gasteiger partial charge in [-0.05, 0) is 24.3 Å². The van der Waals surface area contributed by atoms with Gasteiger partial charge in [-0.3, -0.25) is 0 Å². The second-order valence-electron chi connectivity index (χ2n) is 4.87. The van der Waals surface area contributed by atoms with Gasteiger partial charge < -0.3 is 15.2 Å². The molecule has 1 aromatic rings. The van der Waals surface area contributed by atoms with Gasteiger partial charge in [0.25, 0.3) is 0 Å². The van der Waals surface area contributed by atoms with Crippen LogP contribution in [0.5, 0.6) is 0 Å². The minimum absolute atomic E-state index is 0.389. The lowest BCUT2D eigenvalue weighted by Crippen LogP contribution is -2.27. The van der Waals surface area contributed by atoms with E-state index in [0.717, 1.165) is 18.0 Å². The molecule has 0 bridgehead atoms. The molecular weight excluding hydrogens is 246 g/mol. The number of nitrogens with one attached hydrogen (secondary N) is 1. The van der Waals surface area contributed by atoms with E-state index in [1.54, 1.807) is 11.3 Å². The molecule has 0 radical (unpaired) electrons. The lowest BCUT2D eigenvalue weighted by molar-refractivity contribution is 0.0292. The maximum atomic E-state index is 9.86. The van der Waals surface area contributed by atoms with Gasteiger partial charge in [0.15, 0.2) is 0 Å². The zero-order valence-electron chi connectivity index (χ0n) is 10.8. The normalized spacial score (nSPS) is 18.9. The van der Waals surface area contributed by atoms with Crippen LogP contribution >= 0.6 is 11.3 Å². The Morgan fingerprint density at radius 2 is 2.22 bits per heavy atom. The van der Waals surface area contributed by atoms with Gasteiger partial charge in [-0.2, -0.15) is 0 Å². The predicted octanol–water partition coefficient (Wildman–Crippen LogP) is 2.72. The van der Waals surface area contributed by atoms with Gasteiger partial charge in [0.05, 0.1) is 12.7 Å². The first kappa shape index (κ1) is 14.0. The summed E-state index contributed by atoms with van der Waals surface area (Å²) < 4.78 is 5.81. The Morgan fingerprint density at radius 3 is 2.94 bits per heavy atom. The largest absolute Gasteiger partial charge is 0.386 e. The molecule has 1 aromatic heterocycles. The summed E-state index contributed by atoms with van der Waals surface area (Å²) in [5.74, 6) is 0. The van der Waals surface area contributed by atoms with Crippen molar-refractivity contribution >= 4 is 11.3 Å². The lowest BCUT2D eigenvalue weighted by Gasteiger charge is -2.22. The van der Waals surface area contributed by atoms with E-state index >= 15 is 0 Å². The average molecular weight is 269 g/mol. The smallest absolute Gasteiger partial charge is 0.101 e. The van der Waals surface area contributed by atoms with Gasteiger partial charge in [0.2, 0.25) is 0 Å². The van der Waals surface area contributed by atoms with Crippen LogP contribution in [0.3, 0.4) is 0 Å². The summed E-state index contributed by atoms with van der Waals surface area (Å²) in [6.45, 7) is 2.18. The van der Waals surface area contributed by atoms with E-state index in [-0.39, 0.29) is 6.10 Å². The summed E-state index contributed by atoms with van der Waals surface area (Å²) >= 11 is 1.60. The summed E-state index contributed by atoms with van der Waals surface area (Å²) in [6.07, 6.45) is 6.52. The number of aliphatic hydroxyl groups is 1. The van der Waals surface area contributed by atoms with Crippen LogP contribution < -0.4 is 5.32 Å². The SMILES string of the molecule is OC(CNCCOC1CCCCC1)c1cccs1. The predicted molar refractivity (Wildman–Crippen MR) is 75.0 cm³/mol. The van der Waals surface area contributed by atoms with Crippen molar-refractivity contribution in [3.05, 3.63) is 22.4 Å². The average Bonchev–Trinajstić information content (AvgIpc) is 2.93. The summed E-state index contributed by atoms with van der Waals surface area (Å²) in [7, 11) is 0. The second kappa shape index (κ2) is 7.89. The van der Waals surface area contributed by atoms with Crippen LogP contribution in [0.2, 0.25) is 0 Å². The van der Waals surface area contributed by atoms with Crippen molar-refractivity contribution in [3.63, 3.8) is 0 Å². The van der Waals surface area contributed by atoms with Crippen molar-refractivity contribution in [3.8, 4) is 0 Å². The van der Waals surface area contributed by atoms with E-state index in [1.165, 1.54) is 32.1 Å². The molecule has 1 fully saturated rings. The molecule has 4 heteroatoms. The minimum atomic E-state index is -0.389. The van der Waals surface area contributed by atoms with Crippen LogP contribution in [0.25, 0.3) is 0 Å². The topological polar surface area (TPSA) is 41.5 Å². The first-order valence-corrected chi connectivity index (χ1v) is 7.78. The summed E-state index contributed by atoms with van der Waals surface area (Å²) in [6, 6.07) is 3.94. The summed E-state index contributed by atoms with van der Waals surface area (Å²) in [5.41, 5.74) is 0. The Balaban J connectivity index is 1.50. The molecule has 1 atom stereocenters. The number of aliphatic hydroxyl groups excluding tert-OH is 1. The van der Waals surface area contributed by atoms with E-state index in [2.05, 4.69) is 5.32 Å². The molecule has 1 saturated carbocycles. The van der Waals surface area contributed by atoms with Crippen LogP contribution in [0.15, 0.2) is 17.5 Å². The molecule has 1 aliphatic rings. The van der Waals surface area contributed by atoms with Crippen molar-refractivity contribution in [1.82, 2.24) is 5.32 Å². The van der Waals surface area contributed by atoms with Crippen molar-refractivity contribution in [2.45, 2.75) is 44.3 Å². The highest BCUT2D eigenvalue weighted by Gasteiger charge is 2.13. The van der Waals surface area contributed by atoms with Gasteiger partial charge in [-0.25, -0.2) is 0 Å². The molecule has 18 heavy (non-hydrogen) atoms. The Labute approximate surface area is 113 Å². The molecule has 102 valence electrons. The highest BCUT2D eigenvalue weighted by molar-refractivity contribution is 7.10. The van der Waals surface area contributed by atoms with Gasteiger partial charge in [-0.15, -0.1) is 11.3 Å². The highest BCUT2D eigenvalue weighted by Crippen LogP contribution is 2.20. The molecule has 3 nitrogen and oxygen atoms in total. The van der Waals surface area contributed by atoms with E-state index < -0.39 is 0 Å². The first-order valence-electron chi connectivity index (χ1n) is 6.90. The fourth-order valence-electron chi connectivity index (χ4n) is 2.35. The van der Waals surface area contributed by atoms with Gasteiger partial charge in [-0.1, -0.05) is 25.3 Å². The molecule has 0 saturated heterocycles. The van der Waals surface area contributed by atoms with Crippen molar-refractivity contribution < 1.29 is 9.84 Å². The molecule has 0 amide bonds. The molecule has 0 aromatic carbocycles. The van der Waals surface area contributed by atoms with Crippen LogP contribution in [-0.2, 0) is 4.74 Å². The molecular formula is C14H23NO2S. The van der Waals surface area contributed by atoms with E-state index in [4.69, 9.17) is 4.74 Å². The van der Waals surface area contributed by atoms with Crippen LogP contribution in [-0.4, -0.2) is 30.9 Å². The summed E-state index contributed by atoms with van der Waals surface area (Å²) in [4.78, 5) is 1.02. The number of hydrogen-bond acceptors (Lipinski definition) is 4. The van der Waals surface area contributed by atoms with Gasteiger partial charge in [0.1, 0.15) is 6.10 Å². The zero-order valence-corrected chi connectivity index (χ0v) is 11.6. The Morgan fingerprint density at radius 1 is 1.39 bits per heavy atom. The molecule has 1 aliphatic carbocycles. The Hall–Kier alpha value is -0.420. The molecule has 1 unspecified atom stereocenters. The minimum Gasteiger partial charge on any atom is -0.386 e. The quantitative estimate of drug-likeness (QED) is 0.748. The third-order valence-corrected chi connectivity index (χ3v) is 4.37. The van der Waals surface area contributed by atoms with Crippen molar-refractivity contribution in [2.24, 2.45) is 0 Å². The van der Waals surface area contributed by atoms with Crippen molar-refractivity contribution in [1.29, 1.82) is 0 Å². The Bertz CT molecular complexity index is 310. The maximum Gasteiger partial charge on any atom is 0.101 e. The van der Waals surface area contributed by atoms with Crippen LogP contribution in [0, 0.1) is 0 Å². The summed E-state index contributed by atoms with van der Waals surface area (Å²) in [5, 5.41) is 15.1. The van der Waals surface area contributed by atoms with Crippen LogP contribution in [0.4, 0.5) is 0 Å². The van der Waals surface area contributed by atoms with E-state index in [9.17, 15) is 5.11 Å². The molecule has 1 heterocycles. The van der Waals surface area contributed by atoms with E-state index in [0.29, 0.717) is 12.6 Å². The highest BCUT2D eigenvalue weighted by atomic mass is 32.1. The van der Waals surface area contributed by atoms with Gasteiger partial charge in [0, 0.05) is 18.0 Å². The van der Waals surface area contributed by atoms with Crippen molar-refractivity contribution in [2.75, 3.05) is 19.7 Å². The Kier molecular flexibility index (Phi) is 6.14. The van der Waals surface area contributed by atoms with Gasteiger partial charge >= 0.3 is 0 Å². The second-order valence-corrected chi connectivity index (χ2v) is 5.85. The molecule has 2 N–H and O–H groups in total. The third kappa shape index (κ3) is 4.69. The number of thiophene rings is 1. The number of rotatable bonds is 7. The van der Waals surface area contributed by atoms with E-state index in [1.807, 2.05) is 17.5 Å². The number of ether oxygens (including phenoxy) is 1. The molecule has 2 rings (SSSR count). The standard InChI is InChI=1S/C14H23NO2S/c16-13(14-7-4-10-18-14)11-15-8-9-17-12-5-2-1-3-6-12/h4,7,10,12-13,15-16H,1-3,5-6,8-9,11H2. The monoisotopic (exact) mass is 269 g/mol. The lowest BCUT2D eigenvalue weighted by atomic mass is 9.98. The fourth-order valence-corrected chi connectivity index (χ4v) is 3.06. The fraction of sp³-hybridized carbons (Fsp3) is 0.714. The number of hydrogen-bond donors (Lipinski definition) is 2. The third-order valence-electron chi connectivity index (χ3n) is 3.39. The molecule has 0 spiro atoms. The van der Waals surface area contributed by atoms with Crippen LogP contribution in [0.1, 0.15) is 43.1 Å².